The minimum absolute atomic E-state index is 0.0128. The molecule has 1 N–H and O–H groups in total. The number of hydrogen-bond donors (Lipinski definition) is 1. The Balaban J connectivity index is 1.83. The van der Waals surface area contributed by atoms with Crippen LogP contribution in [0.25, 0.3) is 10.9 Å². The average Bonchev–Trinajstić information content (AvgIpc) is 2.94. The van der Waals surface area contributed by atoms with Crippen molar-refractivity contribution in [2.24, 2.45) is 0 Å². The average molecular weight is 334 g/mol. The van der Waals surface area contributed by atoms with E-state index < -0.39 is 4.92 Å². The number of carbonyl (C=O) groups is 1. The number of ether oxygens (including phenoxy) is 1. The fourth-order valence-electron chi connectivity index (χ4n) is 2.27. The lowest BCUT2D eigenvalue weighted by atomic mass is 10.2. The van der Waals surface area contributed by atoms with Gasteiger partial charge in [-0.1, -0.05) is 0 Å². The predicted octanol–water partition coefficient (Wildman–Crippen LogP) is 2.27. The van der Waals surface area contributed by atoms with Gasteiger partial charge in [-0.25, -0.2) is 0 Å². The van der Waals surface area contributed by atoms with Crippen LogP contribution in [0.1, 0.15) is 26.7 Å². The molecule has 0 bridgehead atoms. The van der Waals surface area contributed by atoms with Gasteiger partial charge in [-0.2, -0.15) is 5.10 Å². The van der Waals surface area contributed by atoms with E-state index in [9.17, 15) is 14.9 Å². The van der Waals surface area contributed by atoms with Crippen molar-refractivity contribution >= 4 is 22.5 Å². The summed E-state index contributed by atoms with van der Waals surface area (Å²) in [6, 6.07) is 4.58. The van der Waals surface area contributed by atoms with Crippen molar-refractivity contribution in [2.75, 3.05) is 13.2 Å². The van der Waals surface area contributed by atoms with Crippen LogP contribution in [0.15, 0.2) is 24.4 Å². The Morgan fingerprint density at radius 1 is 1.46 bits per heavy atom. The largest absolute Gasteiger partial charge is 0.379 e. The maximum atomic E-state index is 11.8. The summed E-state index contributed by atoms with van der Waals surface area (Å²) in [5.74, 6) is -0.0753. The number of rotatable bonds is 9. The lowest BCUT2D eigenvalue weighted by molar-refractivity contribution is -0.384. The highest BCUT2D eigenvalue weighted by atomic mass is 16.6. The van der Waals surface area contributed by atoms with Crippen LogP contribution >= 0.6 is 0 Å². The second-order valence-corrected chi connectivity index (χ2v) is 5.74. The van der Waals surface area contributed by atoms with Crippen molar-refractivity contribution in [2.45, 2.75) is 39.3 Å². The van der Waals surface area contributed by atoms with Gasteiger partial charge < -0.3 is 10.1 Å². The van der Waals surface area contributed by atoms with Crippen molar-refractivity contribution in [1.29, 1.82) is 0 Å². The van der Waals surface area contributed by atoms with Crippen molar-refractivity contribution in [3.8, 4) is 0 Å². The summed E-state index contributed by atoms with van der Waals surface area (Å²) in [4.78, 5) is 22.3. The molecule has 1 heterocycles. The molecule has 0 aliphatic carbocycles. The molecule has 0 atom stereocenters. The molecule has 0 saturated heterocycles. The van der Waals surface area contributed by atoms with Crippen molar-refractivity contribution in [3.63, 3.8) is 0 Å². The number of amides is 1. The van der Waals surface area contributed by atoms with E-state index in [4.69, 9.17) is 4.74 Å². The van der Waals surface area contributed by atoms with E-state index in [0.717, 1.165) is 11.8 Å². The Hall–Kier alpha value is -2.48. The third-order valence-corrected chi connectivity index (χ3v) is 3.48. The molecule has 0 unspecified atom stereocenters. The Kier molecular flexibility index (Phi) is 6.25. The topological polar surface area (TPSA) is 99.3 Å². The molecule has 130 valence electrons. The number of nitro groups is 1. The molecule has 0 saturated carbocycles. The number of fused-ring (bicyclic) bond motifs is 1. The fraction of sp³-hybridized carbons (Fsp3) is 0.500. The number of carbonyl (C=O) groups excluding carboxylic acids is 1. The number of nitrogens with one attached hydrogen (secondary N) is 1. The van der Waals surface area contributed by atoms with Gasteiger partial charge >= 0.3 is 0 Å². The maximum absolute atomic E-state index is 11.8. The first-order valence-corrected chi connectivity index (χ1v) is 7.95. The van der Waals surface area contributed by atoms with Crippen molar-refractivity contribution in [3.05, 3.63) is 34.5 Å². The molecule has 0 spiro atoms. The smallest absolute Gasteiger partial charge is 0.271 e. The van der Waals surface area contributed by atoms with Gasteiger partial charge in [0.2, 0.25) is 5.91 Å². The first-order valence-electron chi connectivity index (χ1n) is 7.95. The number of nitro benzene ring substituents is 1. The Morgan fingerprint density at radius 2 is 2.25 bits per heavy atom. The van der Waals surface area contributed by atoms with Crippen LogP contribution in [0.2, 0.25) is 0 Å². The third kappa shape index (κ3) is 5.02. The molecule has 1 aromatic heterocycles. The van der Waals surface area contributed by atoms with E-state index in [1.54, 1.807) is 16.9 Å². The van der Waals surface area contributed by atoms with Crippen molar-refractivity contribution in [1.82, 2.24) is 15.1 Å². The lowest BCUT2D eigenvalue weighted by Crippen LogP contribution is -2.26. The van der Waals surface area contributed by atoms with Crippen LogP contribution in [0.3, 0.4) is 0 Å². The zero-order valence-electron chi connectivity index (χ0n) is 13.9. The summed E-state index contributed by atoms with van der Waals surface area (Å²) < 4.78 is 7.02. The van der Waals surface area contributed by atoms with Crippen LogP contribution in [0.5, 0.6) is 0 Å². The summed E-state index contributed by atoms with van der Waals surface area (Å²) in [6.07, 6.45) is 2.86. The first-order chi connectivity index (χ1) is 11.5. The summed E-state index contributed by atoms with van der Waals surface area (Å²) in [7, 11) is 0. The molecule has 0 radical (unpaired) electrons. The van der Waals surface area contributed by atoms with Gasteiger partial charge in [0.15, 0.2) is 0 Å². The minimum atomic E-state index is -0.442. The van der Waals surface area contributed by atoms with Gasteiger partial charge in [-0.05, 0) is 26.3 Å². The van der Waals surface area contributed by atoms with Crippen molar-refractivity contribution < 1.29 is 14.5 Å². The predicted molar refractivity (Wildman–Crippen MR) is 89.7 cm³/mol. The van der Waals surface area contributed by atoms with Gasteiger partial charge in [-0.15, -0.1) is 0 Å². The molecule has 8 nitrogen and oxygen atoms in total. The van der Waals surface area contributed by atoms with Gasteiger partial charge in [0.05, 0.1) is 29.3 Å². The summed E-state index contributed by atoms with van der Waals surface area (Å²) >= 11 is 0. The van der Waals surface area contributed by atoms with E-state index in [1.165, 1.54) is 12.1 Å². The monoisotopic (exact) mass is 334 g/mol. The molecular formula is C16H22N4O4. The van der Waals surface area contributed by atoms with E-state index in [0.29, 0.717) is 25.2 Å². The van der Waals surface area contributed by atoms with Crippen LogP contribution in [-0.4, -0.2) is 39.9 Å². The molecule has 1 aromatic carbocycles. The van der Waals surface area contributed by atoms with Gasteiger partial charge in [0.25, 0.3) is 5.69 Å². The fourth-order valence-corrected chi connectivity index (χ4v) is 2.27. The van der Waals surface area contributed by atoms with Crippen LogP contribution < -0.4 is 5.32 Å². The highest BCUT2D eigenvalue weighted by Crippen LogP contribution is 2.20. The Morgan fingerprint density at radius 3 is 2.96 bits per heavy atom. The molecule has 8 heteroatoms. The summed E-state index contributed by atoms with van der Waals surface area (Å²) in [5, 5.41) is 18.7. The van der Waals surface area contributed by atoms with Gasteiger partial charge in [0, 0.05) is 37.1 Å². The standard InChI is InChI=1S/C16H22N4O4/c1-12(2)24-9-3-7-17-16(21)6-8-19-15-10-14(20(22)23)5-4-13(15)11-18-19/h4-5,10-12H,3,6-9H2,1-2H3,(H,17,21). The maximum Gasteiger partial charge on any atom is 0.271 e. The highest BCUT2D eigenvalue weighted by Gasteiger charge is 2.11. The number of aryl methyl sites for hydroxylation is 1. The molecule has 1 amide bonds. The number of benzene rings is 1. The Labute approximate surface area is 139 Å². The van der Waals surface area contributed by atoms with Gasteiger partial charge in [0.1, 0.15) is 0 Å². The summed E-state index contributed by atoms with van der Waals surface area (Å²) in [5.41, 5.74) is 0.668. The van der Waals surface area contributed by atoms with Crippen LogP contribution in [0, 0.1) is 10.1 Å². The molecule has 0 fully saturated rings. The second kappa shape index (κ2) is 8.39. The zero-order chi connectivity index (χ0) is 17.5. The molecule has 24 heavy (non-hydrogen) atoms. The summed E-state index contributed by atoms with van der Waals surface area (Å²) in [6.45, 7) is 5.50. The number of aromatic nitrogens is 2. The van der Waals surface area contributed by atoms with Gasteiger partial charge in [-0.3, -0.25) is 19.6 Å². The van der Waals surface area contributed by atoms with E-state index in [1.807, 2.05) is 13.8 Å². The SMILES string of the molecule is CC(C)OCCCNC(=O)CCn1ncc2ccc([N+](=O)[O-])cc21. The molecular weight excluding hydrogens is 312 g/mol. The normalized spacial score (nSPS) is 11.1. The zero-order valence-corrected chi connectivity index (χ0v) is 13.9. The molecule has 2 aromatic rings. The first kappa shape index (κ1) is 17.9. The molecule has 0 aliphatic heterocycles. The Bertz CT molecular complexity index is 711. The quantitative estimate of drug-likeness (QED) is 0.431. The molecule has 0 aliphatic rings. The van der Waals surface area contributed by atoms with Crippen LogP contribution in [-0.2, 0) is 16.1 Å². The number of hydrogen-bond acceptors (Lipinski definition) is 5. The van der Waals surface area contributed by atoms with E-state index in [2.05, 4.69) is 10.4 Å². The number of nitrogens with zero attached hydrogens (tertiary/aromatic N) is 3. The second-order valence-electron chi connectivity index (χ2n) is 5.74. The molecule has 2 rings (SSSR count). The minimum Gasteiger partial charge on any atom is -0.379 e. The van der Waals surface area contributed by atoms with E-state index >= 15 is 0 Å². The van der Waals surface area contributed by atoms with E-state index in [-0.39, 0.29) is 24.1 Å². The number of non-ortho nitro benzene ring substituents is 1. The lowest BCUT2D eigenvalue weighted by Gasteiger charge is -2.08. The highest BCUT2D eigenvalue weighted by molar-refractivity contribution is 5.81. The van der Waals surface area contributed by atoms with Crippen LogP contribution in [0.4, 0.5) is 5.69 Å². The third-order valence-electron chi connectivity index (χ3n) is 3.48.